The van der Waals surface area contributed by atoms with Crippen molar-refractivity contribution < 1.29 is 9.90 Å². The monoisotopic (exact) mass is 212 g/mol. The van der Waals surface area contributed by atoms with Crippen LogP contribution in [0.1, 0.15) is 33.6 Å². The molecule has 0 aliphatic rings. The molecule has 0 fully saturated rings. The van der Waals surface area contributed by atoms with Gasteiger partial charge in [0.1, 0.15) is 0 Å². The van der Waals surface area contributed by atoms with Crippen LogP contribution in [0.2, 0.25) is 0 Å². The Morgan fingerprint density at radius 2 is 1.93 bits per heavy atom. The van der Waals surface area contributed by atoms with Gasteiger partial charge < -0.3 is 5.11 Å². The number of carboxylic acid groups (broad SMARTS) is 1. The summed E-state index contributed by atoms with van der Waals surface area (Å²) in [6.07, 6.45) is 2.34. The van der Waals surface area contributed by atoms with Crippen LogP contribution in [0, 0.1) is 0 Å². The van der Waals surface area contributed by atoms with Gasteiger partial charge in [-0.15, -0.1) is 0 Å². The quantitative estimate of drug-likeness (QED) is 0.432. The van der Waals surface area contributed by atoms with Gasteiger partial charge in [0, 0.05) is 18.7 Å². The van der Waals surface area contributed by atoms with Crippen molar-refractivity contribution in [3.8, 4) is 0 Å². The Bertz CT molecular complexity index is 229. The van der Waals surface area contributed by atoms with Crippen LogP contribution in [0.4, 0.5) is 0 Å². The summed E-state index contributed by atoms with van der Waals surface area (Å²) in [4.78, 5) is 17.4. The van der Waals surface area contributed by atoms with E-state index in [0.717, 1.165) is 19.5 Å². The van der Waals surface area contributed by atoms with Gasteiger partial charge in [0.2, 0.25) is 0 Å². The van der Waals surface area contributed by atoms with E-state index in [1.165, 1.54) is 13.3 Å². The summed E-state index contributed by atoms with van der Waals surface area (Å²) < 4.78 is 0. The second kappa shape index (κ2) is 12.6. The van der Waals surface area contributed by atoms with Crippen molar-refractivity contribution in [2.24, 2.45) is 9.98 Å². The lowest BCUT2D eigenvalue weighted by Crippen LogP contribution is -1.92. The number of carboxylic acids is 1. The Morgan fingerprint density at radius 3 is 2.27 bits per heavy atom. The standard InChI is InChI=1S/C7H14N2.C4H6O2/c1-3-5-6-9-7-8-4-2;1-3(2)4(5)6/h3-6H2,1-2H3;1H2,2H3,(H,5,6). The highest BCUT2D eigenvalue weighted by Gasteiger charge is 1.90. The molecule has 4 heteroatoms. The van der Waals surface area contributed by atoms with Crippen molar-refractivity contribution in [1.29, 1.82) is 0 Å². The number of rotatable bonds is 5. The first-order valence-electron chi connectivity index (χ1n) is 5.03. The predicted octanol–water partition coefficient (Wildman–Crippen LogP) is 2.63. The van der Waals surface area contributed by atoms with Crippen molar-refractivity contribution in [3.63, 3.8) is 0 Å². The first-order valence-corrected chi connectivity index (χ1v) is 5.03. The topological polar surface area (TPSA) is 62.0 Å². The number of aliphatic imine (C=N–C) groups is 2. The van der Waals surface area contributed by atoms with Crippen LogP contribution in [0.3, 0.4) is 0 Å². The van der Waals surface area contributed by atoms with E-state index in [4.69, 9.17) is 5.11 Å². The Balaban J connectivity index is 0. The molecule has 0 radical (unpaired) electrons. The Kier molecular flexibility index (Phi) is 13.5. The zero-order valence-electron chi connectivity index (χ0n) is 9.79. The van der Waals surface area contributed by atoms with Gasteiger partial charge in [0.25, 0.3) is 0 Å². The van der Waals surface area contributed by atoms with E-state index in [1.807, 2.05) is 6.92 Å². The smallest absolute Gasteiger partial charge is 0.330 e. The molecule has 0 atom stereocenters. The highest BCUT2D eigenvalue weighted by molar-refractivity contribution is 5.84. The molecule has 0 aliphatic carbocycles. The van der Waals surface area contributed by atoms with Crippen molar-refractivity contribution in [3.05, 3.63) is 12.2 Å². The zero-order chi connectivity index (χ0) is 12.1. The molecule has 0 saturated heterocycles. The lowest BCUT2D eigenvalue weighted by atomic mass is 10.3. The van der Waals surface area contributed by atoms with Gasteiger partial charge >= 0.3 is 5.97 Å². The van der Waals surface area contributed by atoms with Crippen LogP contribution >= 0.6 is 0 Å². The first-order chi connectivity index (χ1) is 7.06. The largest absolute Gasteiger partial charge is 0.478 e. The number of hydrogen-bond acceptors (Lipinski definition) is 3. The average molecular weight is 212 g/mol. The maximum atomic E-state index is 9.60. The molecule has 86 valence electrons. The Hall–Kier alpha value is -1.41. The number of unbranched alkanes of at least 4 members (excludes halogenated alkanes) is 1. The maximum absolute atomic E-state index is 9.60. The van der Waals surface area contributed by atoms with Gasteiger partial charge in [0.05, 0.1) is 6.01 Å². The molecule has 0 aliphatic heterocycles. The first kappa shape index (κ1) is 16.0. The predicted molar refractivity (Wildman–Crippen MR) is 62.6 cm³/mol. The van der Waals surface area contributed by atoms with Gasteiger partial charge in [-0.2, -0.15) is 0 Å². The summed E-state index contributed by atoms with van der Waals surface area (Å²) in [6.45, 7) is 10.4. The van der Waals surface area contributed by atoms with Crippen molar-refractivity contribution >= 4 is 12.0 Å². The van der Waals surface area contributed by atoms with E-state index >= 15 is 0 Å². The molecular weight excluding hydrogens is 192 g/mol. The molecule has 4 nitrogen and oxygen atoms in total. The SMILES string of the molecule is C=C(C)C(=O)O.CCCCN=C=NCC. The minimum Gasteiger partial charge on any atom is -0.478 e. The molecule has 0 aromatic heterocycles. The van der Waals surface area contributed by atoms with Crippen molar-refractivity contribution in [1.82, 2.24) is 0 Å². The summed E-state index contributed by atoms with van der Waals surface area (Å²) in [5.41, 5.74) is 0.176. The highest BCUT2D eigenvalue weighted by atomic mass is 16.4. The molecule has 0 saturated carbocycles. The Morgan fingerprint density at radius 1 is 1.40 bits per heavy atom. The van der Waals surface area contributed by atoms with Crippen molar-refractivity contribution in [2.75, 3.05) is 13.1 Å². The van der Waals surface area contributed by atoms with Gasteiger partial charge in [-0.3, -0.25) is 0 Å². The molecule has 0 spiro atoms. The third-order valence-electron chi connectivity index (χ3n) is 1.29. The minimum absolute atomic E-state index is 0.176. The third-order valence-corrected chi connectivity index (χ3v) is 1.29. The summed E-state index contributed by atoms with van der Waals surface area (Å²) in [7, 11) is 0. The van der Waals surface area contributed by atoms with Crippen LogP contribution in [-0.2, 0) is 4.79 Å². The Labute approximate surface area is 91.5 Å². The molecule has 1 N–H and O–H groups in total. The fourth-order valence-corrected chi connectivity index (χ4v) is 0.408. The average Bonchev–Trinajstić information content (AvgIpc) is 2.18. The van der Waals surface area contributed by atoms with Crippen LogP contribution in [0.15, 0.2) is 22.1 Å². The molecular formula is C11H20N2O2. The van der Waals surface area contributed by atoms with E-state index in [2.05, 4.69) is 29.5 Å². The van der Waals surface area contributed by atoms with Gasteiger partial charge in [-0.05, 0) is 20.3 Å². The van der Waals surface area contributed by atoms with E-state index in [0.29, 0.717) is 0 Å². The maximum Gasteiger partial charge on any atom is 0.330 e. The summed E-state index contributed by atoms with van der Waals surface area (Å²) in [5.74, 6) is -0.935. The van der Waals surface area contributed by atoms with E-state index < -0.39 is 5.97 Å². The molecule has 0 aromatic carbocycles. The summed E-state index contributed by atoms with van der Waals surface area (Å²) in [6, 6.07) is 2.62. The van der Waals surface area contributed by atoms with E-state index in [9.17, 15) is 4.79 Å². The molecule has 0 heterocycles. The van der Waals surface area contributed by atoms with Gasteiger partial charge in [-0.1, -0.05) is 19.9 Å². The van der Waals surface area contributed by atoms with Gasteiger partial charge in [0.15, 0.2) is 0 Å². The lowest BCUT2D eigenvalue weighted by molar-refractivity contribution is -0.132. The van der Waals surface area contributed by atoms with Crippen LogP contribution in [0.5, 0.6) is 0 Å². The van der Waals surface area contributed by atoms with Crippen LogP contribution < -0.4 is 0 Å². The molecule has 0 unspecified atom stereocenters. The van der Waals surface area contributed by atoms with Gasteiger partial charge in [-0.25, -0.2) is 14.8 Å². The van der Waals surface area contributed by atoms with E-state index in [1.54, 1.807) is 0 Å². The number of nitrogens with zero attached hydrogens (tertiary/aromatic N) is 2. The third kappa shape index (κ3) is 19.1. The zero-order valence-corrected chi connectivity index (χ0v) is 9.79. The second-order valence-electron chi connectivity index (χ2n) is 2.90. The summed E-state index contributed by atoms with van der Waals surface area (Å²) in [5, 5.41) is 7.89. The minimum atomic E-state index is -0.935. The normalized spacial score (nSPS) is 7.93. The molecule has 15 heavy (non-hydrogen) atoms. The lowest BCUT2D eigenvalue weighted by Gasteiger charge is -1.82. The second-order valence-corrected chi connectivity index (χ2v) is 2.90. The summed E-state index contributed by atoms with van der Waals surface area (Å²) >= 11 is 0. The van der Waals surface area contributed by atoms with Crippen LogP contribution in [-0.4, -0.2) is 30.2 Å². The molecule has 0 aromatic rings. The molecule has 0 rings (SSSR count). The van der Waals surface area contributed by atoms with Crippen LogP contribution in [0.25, 0.3) is 0 Å². The number of aliphatic carboxylic acids is 1. The van der Waals surface area contributed by atoms with E-state index in [-0.39, 0.29) is 5.57 Å². The molecule has 0 bridgehead atoms. The molecule has 0 amide bonds. The van der Waals surface area contributed by atoms with Crippen molar-refractivity contribution in [2.45, 2.75) is 33.6 Å². The number of carbonyl (C=O) groups is 1. The fraction of sp³-hybridized carbons (Fsp3) is 0.636. The highest BCUT2D eigenvalue weighted by Crippen LogP contribution is 1.84. The fourth-order valence-electron chi connectivity index (χ4n) is 0.408. The number of hydrogen-bond donors (Lipinski definition) is 1.